The number of anilines is 1. The van der Waals surface area contributed by atoms with Gasteiger partial charge in [0.1, 0.15) is 17.0 Å². The summed E-state index contributed by atoms with van der Waals surface area (Å²) in [6.45, 7) is 0. The molecule has 7 heteroatoms. The third-order valence-corrected chi connectivity index (χ3v) is 4.74. The van der Waals surface area contributed by atoms with Gasteiger partial charge in [0.05, 0.1) is 11.8 Å². The second-order valence-electron chi connectivity index (χ2n) is 5.43. The normalized spacial score (nSPS) is 17.3. The van der Waals surface area contributed by atoms with Crippen LogP contribution in [0.2, 0.25) is 0 Å². The molecule has 3 nitrogen and oxygen atoms in total. The second-order valence-corrected chi connectivity index (χ2v) is 6.54. The SMILES string of the molecule is FC(F)(F)Cc1cc2c(NC3CCCCC3)ncnc2s1. The van der Waals surface area contributed by atoms with Crippen molar-refractivity contribution in [3.8, 4) is 0 Å². The lowest BCUT2D eigenvalue weighted by Gasteiger charge is -2.23. The summed E-state index contributed by atoms with van der Waals surface area (Å²) in [5, 5.41) is 4.08. The van der Waals surface area contributed by atoms with Crippen molar-refractivity contribution in [1.82, 2.24) is 9.97 Å². The van der Waals surface area contributed by atoms with Crippen molar-refractivity contribution in [2.24, 2.45) is 0 Å². The average Bonchev–Trinajstić information content (AvgIpc) is 2.81. The quantitative estimate of drug-likeness (QED) is 0.903. The molecule has 0 amide bonds. The molecule has 0 aromatic carbocycles. The Balaban J connectivity index is 1.84. The fourth-order valence-electron chi connectivity index (χ4n) is 2.75. The topological polar surface area (TPSA) is 37.8 Å². The van der Waals surface area contributed by atoms with Crippen LogP contribution in [0.5, 0.6) is 0 Å². The molecule has 0 spiro atoms. The molecule has 0 bridgehead atoms. The fraction of sp³-hybridized carbons (Fsp3) is 0.571. The molecule has 0 radical (unpaired) electrons. The van der Waals surface area contributed by atoms with Gasteiger partial charge in [-0.05, 0) is 18.9 Å². The number of nitrogens with one attached hydrogen (secondary N) is 1. The molecule has 1 aliphatic carbocycles. The number of halogens is 3. The third kappa shape index (κ3) is 3.64. The monoisotopic (exact) mass is 315 g/mol. The number of hydrogen-bond acceptors (Lipinski definition) is 4. The van der Waals surface area contributed by atoms with E-state index in [0.29, 0.717) is 22.1 Å². The van der Waals surface area contributed by atoms with Crippen LogP contribution in [-0.4, -0.2) is 22.2 Å². The summed E-state index contributed by atoms with van der Waals surface area (Å²) in [7, 11) is 0. The van der Waals surface area contributed by atoms with Crippen LogP contribution < -0.4 is 5.32 Å². The first-order valence-electron chi connectivity index (χ1n) is 7.08. The molecule has 1 saturated carbocycles. The van der Waals surface area contributed by atoms with E-state index in [1.807, 2.05) is 0 Å². The number of nitrogens with zero attached hydrogens (tertiary/aromatic N) is 2. The zero-order valence-electron chi connectivity index (χ0n) is 11.4. The maximum atomic E-state index is 12.5. The van der Waals surface area contributed by atoms with E-state index in [0.717, 1.165) is 24.2 Å². The molecule has 21 heavy (non-hydrogen) atoms. The number of rotatable bonds is 3. The van der Waals surface area contributed by atoms with E-state index in [1.54, 1.807) is 6.07 Å². The van der Waals surface area contributed by atoms with Gasteiger partial charge in [-0.25, -0.2) is 9.97 Å². The van der Waals surface area contributed by atoms with Gasteiger partial charge in [0.15, 0.2) is 0 Å². The summed E-state index contributed by atoms with van der Waals surface area (Å²) >= 11 is 1.09. The highest BCUT2D eigenvalue weighted by atomic mass is 32.1. The van der Waals surface area contributed by atoms with Crippen LogP contribution >= 0.6 is 11.3 Å². The molecule has 114 valence electrons. The predicted octanol–water partition coefficient (Wildman–Crippen LogP) is 4.54. The lowest BCUT2D eigenvalue weighted by molar-refractivity contribution is -0.126. The van der Waals surface area contributed by atoms with Crippen LogP contribution in [0.3, 0.4) is 0 Å². The number of thiophene rings is 1. The van der Waals surface area contributed by atoms with Gasteiger partial charge < -0.3 is 5.32 Å². The molecule has 0 aliphatic heterocycles. The summed E-state index contributed by atoms with van der Waals surface area (Å²) in [6, 6.07) is 1.93. The molecule has 2 aromatic rings. The van der Waals surface area contributed by atoms with Gasteiger partial charge in [0.2, 0.25) is 0 Å². The van der Waals surface area contributed by atoms with Gasteiger partial charge in [-0.15, -0.1) is 11.3 Å². The van der Waals surface area contributed by atoms with Crippen LogP contribution in [0.1, 0.15) is 37.0 Å². The lowest BCUT2D eigenvalue weighted by atomic mass is 9.95. The van der Waals surface area contributed by atoms with E-state index in [1.165, 1.54) is 25.6 Å². The summed E-state index contributed by atoms with van der Waals surface area (Å²) in [5.74, 6) is 0.663. The lowest BCUT2D eigenvalue weighted by Crippen LogP contribution is -2.22. The molecule has 1 N–H and O–H groups in total. The Labute approximate surface area is 124 Å². The number of alkyl halides is 3. The van der Waals surface area contributed by atoms with Gasteiger partial charge in [0, 0.05) is 10.9 Å². The van der Waals surface area contributed by atoms with Gasteiger partial charge in [-0.2, -0.15) is 13.2 Å². The van der Waals surface area contributed by atoms with E-state index in [9.17, 15) is 13.2 Å². The fourth-order valence-corrected chi connectivity index (χ4v) is 3.77. The first kappa shape index (κ1) is 14.6. The van der Waals surface area contributed by atoms with E-state index in [4.69, 9.17) is 0 Å². The highest BCUT2D eigenvalue weighted by Gasteiger charge is 2.29. The molecule has 0 atom stereocenters. The molecule has 2 heterocycles. The van der Waals surface area contributed by atoms with Crippen LogP contribution in [0.4, 0.5) is 19.0 Å². The molecule has 1 aliphatic rings. The molecule has 0 unspecified atom stereocenters. The van der Waals surface area contributed by atoms with Crippen molar-refractivity contribution >= 4 is 27.4 Å². The minimum absolute atomic E-state index is 0.282. The van der Waals surface area contributed by atoms with Crippen LogP contribution in [0.15, 0.2) is 12.4 Å². The van der Waals surface area contributed by atoms with Crippen molar-refractivity contribution < 1.29 is 13.2 Å². The Morgan fingerprint density at radius 1 is 1.19 bits per heavy atom. The highest BCUT2D eigenvalue weighted by Crippen LogP contribution is 2.33. The van der Waals surface area contributed by atoms with Crippen LogP contribution in [0.25, 0.3) is 10.2 Å². The zero-order chi connectivity index (χ0) is 14.9. The predicted molar refractivity (Wildman–Crippen MR) is 77.7 cm³/mol. The first-order valence-corrected chi connectivity index (χ1v) is 7.89. The van der Waals surface area contributed by atoms with Gasteiger partial charge in [0.25, 0.3) is 0 Å². The summed E-state index contributed by atoms with van der Waals surface area (Å²) in [6.07, 6.45) is 2.13. The van der Waals surface area contributed by atoms with Crippen molar-refractivity contribution in [2.75, 3.05) is 5.32 Å². The van der Waals surface area contributed by atoms with Crippen molar-refractivity contribution in [2.45, 2.75) is 50.7 Å². The van der Waals surface area contributed by atoms with Crippen molar-refractivity contribution in [1.29, 1.82) is 0 Å². The van der Waals surface area contributed by atoms with Crippen molar-refractivity contribution in [3.05, 3.63) is 17.3 Å². The van der Waals surface area contributed by atoms with Gasteiger partial charge in [-0.3, -0.25) is 0 Å². The Bertz CT molecular complexity index is 617. The number of hydrogen-bond donors (Lipinski definition) is 1. The average molecular weight is 315 g/mol. The largest absolute Gasteiger partial charge is 0.393 e. The van der Waals surface area contributed by atoms with Gasteiger partial charge >= 0.3 is 6.18 Å². The Morgan fingerprint density at radius 2 is 1.95 bits per heavy atom. The Hall–Kier alpha value is -1.37. The van der Waals surface area contributed by atoms with E-state index in [2.05, 4.69) is 15.3 Å². The number of aromatic nitrogens is 2. The summed E-state index contributed by atoms with van der Waals surface area (Å²) in [4.78, 5) is 9.20. The van der Waals surface area contributed by atoms with Gasteiger partial charge in [-0.1, -0.05) is 19.3 Å². The Kier molecular flexibility index (Phi) is 4.01. The Morgan fingerprint density at radius 3 is 2.67 bits per heavy atom. The number of fused-ring (bicyclic) bond motifs is 1. The molecular formula is C14H16F3N3S. The first-order chi connectivity index (χ1) is 10.0. The third-order valence-electron chi connectivity index (χ3n) is 3.70. The molecular weight excluding hydrogens is 299 g/mol. The standard InChI is InChI=1S/C14H16F3N3S/c15-14(16,17)7-10-6-11-12(18-8-19-13(11)21-10)20-9-4-2-1-3-5-9/h6,8-9H,1-5,7H2,(H,18,19,20). The second kappa shape index (κ2) is 5.79. The van der Waals surface area contributed by atoms with E-state index in [-0.39, 0.29) is 4.88 Å². The summed E-state index contributed by atoms with van der Waals surface area (Å²) < 4.78 is 37.5. The highest BCUT2D eigenvalue weighted by molar-refractivity contribution is 7.18. The smallest absolute Gasteiger partial charge is 0.367 e. The van der Waals surface area contributed by atoms with Crippen LogP contribution in [-0.2, 0) is 6.42 Å². The van der Waals surface area contributed by atoms with Crippen LogP contribution in [0, 0.1) is 0 Å². The zero-order valence-corrected chi connectivity index (χ0v) is 12.2. The minimum atomic E-state index is -4.19. The van der Waals surface area contributed by atoms with E-state index >= 15 is 0 Å². The molecule has 1 fully saturated rings. The molecule has 3 rings (SSSR count). The maximum absolute atomic E-state index is 12.5. The van der Waals surface area contributed by atoms with E-state index < -0.39 is 12.6 Å². The molecule has 2 aromatic heterocycles. The maximum Gasteiger partial charge on any atom is 0.393 e. The summed E-state index contributed by atoms with van der Waals surface area (Å²) in [5.41, 5.74) is 0. The minimum Gasteiger partial charge on any atom is -0.367 e. The molecule has 0 saturated heterocycles. The van der Waals surface area contributed by atoms with Crippen molar-refractivity contribution in [3.63, 3.8) is 0 Å².